The van der Waals surface area contributed by atoms with Gasteiger partial charge in [-0.1, -0.05) is 276 Å². The lowest BCUT2D eigenvalue weighted by Crippen LogP contribution is -2.30. The highest BCUT2D eigenvalue weighted by Crippen LogP contribution is 2.16. The van der Waals surface area contributed by atoms with Crippen LogP contribution in [0.4, 0.5) is 0 Å². The van der Waals surface area contributed by atoms with Crippen molar-refractivity contribution in [3.63, 3.8) is 0 Å². The molecule has 0 aromatic rings. The van der Waals surface area contributed by atoms with E-state index in [4.69, 9.17) is 14.2 Å². The average Bonchev–Trinajstić information content (AvgIpc) is 3.43. The van der Waals surface area contributed by atoms with Gasteiger partial charge in [0.1, 0.15) is 13.2 Å². The zero-order valence-corrected chi connectivity index (χ0v) is 49.9. The fourth-order valence-electron chi connectivity index (χ4n) is 8.47. The van der Waals surface area contributed by atoms with Crippen LogP contribution in [0, 0.1) is 0 Å². The van der Waals surface area contributed by atoms with E-state index < -0.39 is 6.10 Å². The third-order valence-corrected chi connectivity index (χ3v) is 13.2. The molecule has 0 aromatic heterocycles. The van der Waals surface area contributed by atoms with E-state index in [0.29, 0.717) is 19.3 Å². The van der Waals surface area contributed by atoms with E-state index in [-0.39, 0.29) is 37.5 Å². The smallest absolute Gasteiger partial charge is 0.306 e. The van der Waals surface area contributed by atoms with Crippen LogP contribution in [0.25, 0.3) is 0 Å². The first kappa shape index (κ1) is 72.5. The largest absolute Gasteiger partial charge is 0.462 e. The molecule has 1 unspecified atom stereocenters. The number of hydrogen-bond acceptors (Lipinski definition) is 6. The second-order valence-corrected chi connectivity index (χ2v) is 20.6. The first-order valence-corrected chi connectivity index (χ1v) is 31.7. The molecule has 1 atom stereocenters. The van der Waals surface area contributed by atoms with Crippen molar-refractivity contribution < 1.29 is 28.6 Å². The van der Waals surface area contributed by atoms with E-state index in [1.54, 1.807) is 0 Å². The molecule has 0 fully saturated rings. The molecule has 0 aliphatic rings. The third kappa shape index (κ3) is 62.3. The molecule has 6 nitrogen and oxygen atoms in total. The summed E-state index contributed by atoms with van der Waals surface area (Å²) < 4.78 is 16.8. The maximum atomic E-state index is 12.8. The number of hydrogen-bond donors (Lipinski definition) is 0. The van der Waals surface area contributed by atoms with Crippen molar-refractivity contribution in [2.24, 2.45) is 0 Å². The van der Waals surface area contributed by atoms with Crippen LogP contribution in [-0.2, 0) is 28.6 Å². The minimum Gasteiger partial charge on any atom is -0.462 e. The number of esters is 3. The predicted octanol–water partition coefficient (Wildman–Crippen LogP) is 21.8. The molecule has 0 N–H and O–H groups in total. The van der Waals surface area contributed by atoms with Crippen LogP contribution in [-0.4, -0.2) is 37.2 Å². The maximum Gasteiger partial charge on any atom is 0.306 e. The van der Waals surface area contributed by atoms with Crippen LogP contribution in [0.5, 0.6) is 0 Å². The molecule has 0 rings (SSSR count). The van der Waals surface area contributed by atoms with Crippen molar-refractivity contribution in [2.75, 3.05) is 13.2 Å². The van der Waals surface area contributed by atoms with Gasteiger partial charge in [-0.2, -0.15) is 0 Å². The van der Waals surface area contributed by atoms with Crippen molar-refractivity contribution in [1.29, 1.82) is 0 Å². The van der Waals surface area contributed by atoms with E-state index in [1.807, 2.05) is 0 Å². The van der Waals surface area contributed by atoms with Crippen molar-refractivity contribution in [3.05, 3.63) is 134 Å². The van der Waals surface area contributed by atoms with Gasteiger partial charge in [-0.25, -0.2) is 0 Å². The molecule has 0 amide bonds. The SMILES string of the molecule is CC/C=C\C/C=C\C/C=C\C/C=C\C/C=C\C/C=C\CCCCC(=O)OC(COC(=O)CCCCCCCCC)COC(=O)CCCCCCCCCCCCCCCCC/C=C\C/C=C\C/C=C\C/C=C\C/C=C\CC. The molecule has 0 aliphatic carbocycles. The number of carbonyl (C=O) groups is 3. The lowest BCUT2D eigenvalue weighted by Gasteiger charge is -2.18. The summed E-state index contributed by atoms with van der Waals surface area (Å²) >= 11 is 0. The fraction of sp³-hybridized carbons (Fsp3) is 0.648. The quantitative estimate of drug-likeness (QED) is 0.0261. The Kier molecular flexibility index (Phi) is 60.4. The van der Waals surface area contributed by atoms with Crippen molar-refractivity contribution in [1.82, 2.24) is 0 Å². The molecule has 436 valence electrons. The molecule has 6 heteroatoms. The van der Waals surface area contributed by atoms with Gasteiger partial charge >= 0.3 is 17.9 Å². The molecule has 0 aliphatic heterocycles. The van der Waals surface area contributed by atoms with Gasteiger partial charge < -0.3 is 14.2 Å². The highest BCUT2D eigenvalue weighted by Gasteiger charge is 2.19. The molecule has 0 aromatic carbocycles. The molecule has 0 saturated heterocycles. The van der Waals surface area contributed by atoms with Gasteiger partial charge in [0.05, 0.1) is 0 Å². The molecular formula is C71H116O6. The lowest BCUT2D eigenvalue weighted by atomic mass is 10.0. The van der Waals surface area contributed by atoms with Crippen molar-refractivity contribution >= 4 is 17.9 Å². The maximum absolute atomic E-state index is 12.8. The standard InChI is InChI=1S/C71H116O6/c1-4-7-10-13-16-18-20-22-24-26-28-30-31-32-33-34-35-36-37-38-39-41-42-44-46-48-50-52-55-58-61-64-70(73)76-67-68(66-75-69(72)63-60-57-54-15-12-9-6-3)77-71(74)65-62-59-56-53-51-49-47-45-43-40-29-27-25-23-21-19-17-14-11-8-5-2/h7-8,10-11,16-19,22-25,28-30,32-33,40,45,47,51,53,68H,4-6,9,12-15,20-21,26-27,31,34-39,41-44,46,48-50,52,54-67H2,1-3H3/b10-7-,11-8-,18-16-,19-17-,24-22-,25-23-,30-28-,33-32-,40-29-,47-45-,53-51-. The first-order valence-electron chi connectivity index (χ1n) is 31.7. The van der Waals surface area contributed by atoms with Gasteiger partial charge in [0.25, 0.3) is 0 Å². The monoisotopic (exact) mass is 1060 g/mol. The molecule has 0 radical (unpaired) electrons. The van der Waals surface area contributed by atoms with Crippen LogP contribution in [0.1, 0.15) is 278 Å². The number of ether oxygens (including phenoxy) is 3. The van der Waals surface area contributed by atoms with Crippen LogP contribution < -0.4 is 0 Å². The molecular weight excluding hydrogens is 949 g/mol. The Morgan fingerprint density at radius 2 is 0.506 bits per heavy atom. The van der Waals surface area contributed by atoms with E-state index in [0.717, 1.165) is 122 Å². The van der Waals surface area contributed by atoms with Crippen LogP contribution in [0.3, 0.4) is 0 Å². The summed E-state index contributed by atoms with van der Waals surface area (Å²) in [6, 6.07) is 0. The molecule has 0 heterocycles. The summed E-state index contributed by atoms with van der Waals surface area (Å²) in [7, 11) is 0. The third-order valence-electron chi connectivity index (χ3n) is 13.2. The molecule has 0 saturated carbocycles. The fourth-order valence-corrected chi connectivity index (χ4v) is 8.47. The molecule has 0 bridgehead atoms. The van der Waals surface area contributed by atoms with Crippen LogP contribution >= 0.6 is 0 Å². The number of allylic oxidation sites excluding steroid dienone is 22. The van der Waals surface area contributed by atoms with E-state index >= 15 is 0 Å². The Morgan fingerprint density at radius 3 is 0.818 bits per heavy atom. The minimum atomic E-state index is -0.802. The summed E-state index contributed by atoms with van der Waals surface area (Å²) in [6.07, 6.45) is 90.6. The summed E-state index contributed by atoms with van der Waals surface area (Å²) in [5, 5.41) is 0. The highest BCUT2D eigenvalue weighted by molar-refractivity contribution is 5.71. The van der Waals surface area contributed by atoms with Crippen molar-refractivity contribution in [3.8, 4) is 0 Å². The Labute approximate surface area is 475 Å². The Bertz CT molecular complexity index is 1650. The van der Waals surface area contributed by atoms with E-state index in [9.17, 15) is 14.4 Å². The zero-order valence-electron chi connectivity index (χ0n) is 49.9. The summed E-state index contributed by atoms with van der Waals surface area (Å²) in [4.78, 5) is 38.0. The van der Waals surface area contributed by atoms with Crippen LogP contribution in [0.15, 0.2) is 134 Å². The average molecular weight is 1070 g/mol. The predicted molar refractivity (Wildman–Crippen MR) is 334 cm³/mol. The van der Waals surface area contributed by atoms with E-state index in [2.05, 4.69) is 154 Å². The summed E-state index contributed by atoms with van der Waals surface area (Å²) in [5.41, 5.74) is 0. The van der Waals surface area contributed by atoms with Crippen LogP contribution in [0.2, 0.25) is 0 Å². The number of carbonyl (C=O) groups excluding carboxylic acids is 3. The second kappa shape index (κ2) is 64.1. The van der Waals surface area contributed by atoms with Gasteiger partial charge in [0.15, 0.2) is 6.10 Å². The number of unbranched alkanes of at least 4 members (excludes halogenated alkanes) is 23. The Balaban J connectivity index is 4.17. The topological polar surface area (TPSA) is 78.9 Å². The Morgan fingerprint density at radius 1 is 0.273 bits per heavy atom. The summed E-state index contributed by atoms with van der Waals surface area (Å²) in [5.74, 6) is -0.946. The second-order valence-electron chi connectivity index (χ2n) is 20.6. The van der Waals surface area contributed by atoms with Gasteiger partial charge in [0, 0.05) is 19.3 Å². The number of rotatable bonds is 56. The molecule has 77 heavy (non-hydrogen) atoms. The van der Waals surface area contributed by atoms with Gasteiger partial charge in [-0.15, -0.1) is 0 Å². The highest BCUT2D eigenvalue weighted by atomic mass is 16.6. The normalized spacial score (nSPS) is 13.0. The zero-order chi connectivity index (χ0) is 55.7. The van der Waals surface area contributed by atoms with Gasteiger partial charge in [0.2, 0.25) is 0 Å². The lowest BCUT2D eigenvalue weighted by molar-refractivity contribution is -0.167. The summed E-state index contributed by atoms with van der Waals surface area (Å²) in [6.45, 7) is 6.34. The minimum absolute atomic E-state index is 0.0969. The van der Waals surface area contributed by atoms with Gasteiger partial charge in [-0.05, 0) is 116 Å². The Hall–Kier alpha value is -4.45. The first-order chi connectivity index (χ1) is 38.0. The van der Waals surface area contributed by atoms with Gasteiger partial charge in [-0.3, -0.25) is 14.4 Å². The van der Waals surface area contributed by atoms with E-state index in [1.165, 1.54) is 109 Å². The van der Waals surface area contributed by atoms with Crippen molar-refractivity contribution in [2.45, 2.75) is 284 Å². The molecule has 0 spiro atoms.